The van der Waals surface area contributed by atoms with Gasteiger partial charge in [-0.15, -0.1) is 11.3 Å². The van der Waals surface area contributed by atoms with Gasteiger partial charge in [0.1, 0.15) is 16.5 Å². The first-order valence-corrected chi connectivity index (χ1v) is 8.30. The van der Waals surface area contributed by atoms with Crippen LogP contribution < -0.4 is 5.32 Å². The number of halogens is 1. The Bertz CT molecular complexity index is 813. The summed E-state index contributed by atoms with van der Waals surface area (Å²) in [5.74, 6) is -0.654. The number of hydrogen-bond donors (Lipinski definition) is 1. The zero-order chi connectivity index (χ0) is 17.9. The average molecular weight is 345 g/mol. The zero-order valence-corrected chi connectivity index (χ0v) is 15.2. The zero-order valence-electron chi connectivity index (χ0n) is 14.4. The largest absolute Gasteiger partial charge is 0.319 e. The Morgan fingerprint density at radius 2 is 2.04 bits per heavy atom. The Balaban J connectivity index is 2.39. The molecule has 4 nitrogen and oxygen atoms in total. The van der Waals surface area contributed by atoms with E-state index in [0.717, 1.165) is 16.0 Å². The Morgan fingerprint density at radius 1 is 1.33 bits per heavy atom. The van der Waals surface area contributed by atoms with E-state index in [1.54, 1.807) is 19.3 Å². The molecule has 0 bridgehead atoms. The van der Waals surface area contributed by atoms with Crippen LogP contribution in [0.4, 0.5) is 4.39 Å². The van der Waals surface area contributed by atoms with Crippen LogP contribution in [0.3, 0.4) is 0 Å². The molecule has 1 heterocycles. The van der Waals surface area contributed by atoms with Crippen LogP contribution >= 0.6 is 11.3 Å². The normalized spacial score (nSPS) is 10.9. The molecule has 126 valence electrons. The minimum Gasteiger partial charge on any atom is -0.319 e. The van der Waals surface area contributed by atoms with E-state index in [9.17, 15) is 9.18 Å². The number of carbonyl (C=O) groups is 1. The molecule has 0 atom stereocenters. The maximum absolute atomic E-state index is 14.1. The third-order valence-corrected chi connectivity index (χ3v) is 4.48. The summed E-state index contributed by atoms with van der Waals surface area (Å²) in [6, 6.07) is 4.89. The van der Waals surface area contributed by atoms with Crippen LogP contribution in [0.15, 0.2) is 34.5 Å². The molecule has 0 saturated carbocycles. The first-order chi connectivity index (χ1) is 11.3. The van der Waals surface area contributed by atoms with Crippen LogP contribution in [0, 0.1) is 19.7 Å². The van der Waals surface area contributed by atoms with Gasteiger partial charge in [-0.25, -0.2) is 9.37 Å². The quantitative estimate of drug-likeness (QED) is 0.841. The molecular formula is C18H20FN3OS. The number of nitrogens with zero attached hydrogens (tertiary/aromatic N) is 2. The van der Waals surface area contributed by atoms with Gasteiger partial charge in [0.25, 0.3) is 5.91 Å². The number of aromatic nitrogens is 1. The minimum atomic E-state index is -0.334. The van der Waals surface area contributed by atoms with Crippen LogP contribution in [0.5, 0.6) is 0 Å². The van der Waals surface area contributed by atoms with Crippen LogP contribution in [-0.2, 0) is 0 Å². The van der Waals surface area contributed by atoms with E-state index in [4.69, 9.17) is 0 Å². The fraction of sp³-hybridized carbons (Fsp3) is 0.278. The number of hydrogen-bond acceptors (Lipinski definition) is 4. The molecule has 0 aliphatic carbocycles. The first-order valence-electron chi connectivity index (χ1n) is 7.49. The maximum Gasteiger partial charge on any atom is 0.275 e. The van der Waals surface area contributed by atoms with Gasteiger partial charge in [0, 0.05) is 23.7 Å². The van der Waals surface area contributed by atoms with Crippen molar-refractivity contribution < 1.29 is 9.18 Å². The molecule has 1 aromatic heterocycles. The highest BCUT2D eigenvalue weighted by atomic mass is 32.1. The number of amides is 1. The van der Waals surface area contributed by atoms with Crippen molar-refractivity contribution in [2.24, 2.45) is 4.99 Å². The van der Waals surface area contributed by atoms with Crippen molar-refractivity contribution in [3.63, 3.8) is 0 Å². The molecule has 2 aromatic rings. The highest BCUT2D eigenvalue weighted by Crippen LogP contribution is 2.32. The van der Waals surface area contributed by atoms with Crippen molar-refractivity contribution in [2.45, 2.75) is 27.7 Å². The van der Waals surface area contributed by atoms with Crippen LogP contribution in [0.2, 0.25) is 0 Å². The third kappa shape index (κ3) is 3.76. The molecule has 1 amide bonds. The predicted octanol–water partition coefficient (Wildman–Crippen LogP) is 4.29. The minimum absolute atomic E-state index is 0.306. The fourth-order valence-corrected chi connectivity index (χ4v) is 3.24. The SMILES string of the molecule is CN=CC(NC(=O)c1nc(-c2c(C)cccc2F)sc1C)=C(C)C. The number of aryl methyl sites for hydroxylation is 2. The molecule has 0 aliphatic rings. The van der Waals surface area contributed by atoms with Gasteiger partial charge in [0.15, 0.2) is 0 Å². The maximum atomic E-state index is 14.1. The molecule has 24 heavy (non-hydrogen) atoms. The summed E-state index contributed by atoms with van der Waals surface area (Å²) >= 11 is 1.31. The standard InChI is InChI=1S/C18H20FN3OS/c1-10(2)14(9-20-5)21-17(23)16-12(4)24-18(22-16)15-11(3)7-6-8-13(15)19/h6-9H,1-5H3,(H,21,23). The van der Waals surface area contributed by atoms with Crippen LogP contribution in [-0.4, -0.2) is 24.2 Å². The second-order valence-corrected chi connectivity index (χ2v) is 6.81. The molecule has 0 unspecified atom stereocenters. The lowest BCUT2D eigenvalue weighted by Gasteiger charge is -2.06. The monoisotopic (exact) mass is 345 g/mol. The second-order valence-electron chi connectivity index (χ2n) is 5.61. The lowest BCUT2D eigenvalue weighted by molar-refractivity contribution is 0.0963. The highest BCUT2D eigenvalue weighted by Gasteiger charge is 2.19. The Hall–Kier alpha value is -2.34. The van der Waals surface area contributed by atoms with Gasteiger partial charge >= 0.3 is 0 Å². The second kappa shape index (κ2) is 7.49. The lowest BCUT2D eigenvalue weighted by atomic mass is 10.1. The van der Waals surface area contributed by atoms with E-state index in [1.807, 2.05) is 33.8 Å². The van der Waals surface area contributed by atoms with Gasteiger partial charge in [-0.2, -0.15) is 0 Å². The van der Waals surface area contributed by atoms with E-state index in [-0.39, 0.29) is 11.7 Å². The molecule has 0 radical (unpaired) electrons. The van der Waals surface area contributed by atoms with Gasteiger partial charge in [-0.1, -0.05) is 17.7 Å². The Morgan fingerprint density at radius 3 is 2.62 bits per heavy atom. The summed E-state index contributed by atoms with van der Waals surface area (Å²) in [6.45, 7) is 7.41. The van der Waals surface area contributed by atoms with Crippen molar-refractivity contribution in [2.75, 3.05) is 7.05 Å². The highest BCUT2D eigenvalue weighted by molar-refractivity contribution is 7.15. The lowest BCUT2D eigenvalue weighted by Crippen LogP contribution is -2.25. The molecule has 0 aliphatic heterocycles. The molecule has 0 spiro atoms. The van der Waals surface area contributed by atoms with Crippen molar-refractivity contribution in [3.8, 4) is 10.6 Å². The van der Waals surface area contributed by atoms with Crippen molar-refractivity contribution in [1.82, 2.24) is 10.3 Å². The first kappa shape index (κ1) is 18.0. The summed E-state index contributed by atoms with van der Waals surface area (Å²) in [5.41, 5.74) is 3.12. The summed E-state index contributed by atoms with van der Waals surface area (Å²) in [7, 11) is 1.64. The molecular weight excluding hydrogens is 325 g/mol. The number of nitrogens with one attached hydrogen (secondary N) is 1. The molecule has 1 aromatic carbocycles. The van der Waals surface area contributed by atoms with Gasteiger partial charge < -0.3 is 5.32 Å². The predicted molar refractivity (Wildman–Crippen MR) is 97.2 cm³/mol. The number of rotatable bonds is 4. The molecule has 2 rings (SSSR count). The summed E-state index contributed by atoms with van der Waals surface area (Å²) < 4.78 is 14.1. The van der Waals surface area contributed by atoms with Crippen LogP contribution in [0.1, 0.15) is 34.8 Å². The smallest absolute Gasteiger partial charge is 0.275 e. The van der Waals surface area contributed by atoms with Crippen molar-refractivity contribution in [1.29, 1.82) is 0 Å². The summed E-state index contributed by atoms with van der Waals surface area (Å²) in [6.07, 6.45) is 1.59. The molecule has 1 N–H and O–H groups in total. The third-order valence-electron chi connectivity index (χ3n) is 3.49. The van der Waals surface area contributed by atoms with Crippen molar-refractivity contribution >= 4 is 23.5 Å². The molecule has 0 fully saturated rings. The number of allylic oxidation sites excluding steroid dienone is 2. The van der Waals surface area contributed by atoms with Gasteiger partial charge in [-0.3, -0.25) is 9.79 Å². The summed E-state index contributed by atoms with van der Waals surface area (Å²) in [5, 5.41) is 3.32. The van der Waals surface area contributed by atoms with E-state index in [1.165, 1.54) is 17.4 Å². The van der Waals surface area contributed by atoms with E-state index in [0.29, 0.717) is 22.0 Å². The van der Waals surface area contributed by atoms with Gasteiger partial charge in [0.05, 0.1) is 5.70 Å². The van der Waals surface area contributed by atoms with Gasteiger partial charge in [-0.05, 0) is 39.3 Å². The Labute approximate surface area is 145 Å². The number of thiazole rings is 1. The van der Waals surface area contributed by atoms with E-state index < -0.39 is 0 Å². The summed E-state index contributed by atoms with van der Waals surface area (Å²) in [4.78, 5) is 21.6. The fourth-order valence-electron chi connectivity index (χ4n) is 2.21. The van der Waals surface area contributed by atoms with E-state index in [2.05, 4.69) is 15.3 Å². The Kier molecular flexibility index (Phi) is 5.62. The number of carbonyl (C=O) groups excluding carboxylic acids is 1. The molecule has 0 saturated heterocycles. The van der Waals surface area contributed by atoms with Crippen molar-refractivity contribution in [3.05, 3.63) is 51.4 Å². The molecule has 6 heteroatoms. The van der Waals surface area contributed by atoms with Gasteiger partial charge in [0.2, 0.25) is 0 Å². The number of benzene rings is 1. The average Bonchev–Trinajstić information content (AvgIpc) is 2.88. The topological polar surface area (TPSA) is 54.4 Å². The van der Waals surface area contributed by atoms with Crippen LogP contribution in [0.25, 0.3) is 10.6 Å². The number of aliphatic imine (C=N–C) groups is 1. The van der Waals surface area contributed by atoms with E-state index >= 15 is 0 Å².